The minimum Gasteiger partial charge on any atom is -0.478 e. The van der Waals surface area contributed by atoms with Crippen LogP contribution in [0.2, 0.25) is 0 Å². The van der Waals surface area contributed by atoms with Gasteiger partial charge < -0.3 is 13.7 Å². The van der Waals surface area contributed by atoms with Crippen molar-refractivity contribution < 1.29 is 18.1 Å². The van der Waals surface area contributed by atoms with Gasteiger partial charge in [-0.15, -0.1) is 10.2 Å². The van der Waals surface area contributed by atoms with E-state index in [1.54, 1.807) is 25.3 Å². The van der Waals surface area contributed by atoms with Crippen molar-refractivity contribution >= 4 is 11.1 Å². The SMILES string of the molecule is Cc1noc2ncc(-c3nnc([C@H](C)Oc4ccccc4F)o3)cc12. The Hall–Kier alpha value is -3.29. The van der Waals surface area contributed by atoms with Crippen molar-refractivity contribution in [3.8, 4) is 17.2 Å². The average Bonchev–Trinajstić information content (AvgIpc) is 3.24. The number of benzene rings is 1. The lowest BCUT2D eigenvalue weighted by Gasteiger charge is -2.11. The summed E-state index contributed by atoms with van der Waals surface area (Å²) < 4.78 is 29.9. The molecule has 3 aromatic heterocycles. The van der Waals surface area contributed by atoms with E-state index in [1.165, 1.54) is 12.1 Å². The fourth-order valence-electron chi connectivity index (χ4n) is 2.36. The zero-order valence-electron chi connectivity index (χ0n) is 13.4. The van der Waals surface area contributed by atoms with Crippen LogP contribution in [0.25, 0.3) is 22.6 Å². The lowest BCUT2D eigenvalue weighted by atomic mass is 10.2. The minimum atomic E-state index is -0.604. The normalized spacial score (nSPS) is 12.4. The zero-order valence-corrected chi connectivity index (χ0v) is 13.4. The Morgan fingerprint density at radius 1 is 1.20 bits per heavy atom. The highest BCUT2D eigenvalue weighted by atomic mass is 19.1. The summed E-state index contributed by atoms with van der Waals surface area (Å²) in [5.74, 6) is 0.194. The summed E-state index contributed by atoms with van der Waals surface area (Å²) in [7, 11) is 0. The van der Waals surface area contributed by atoms with E-state index in [0.29, 0.717) is 11.3 Å². The second-order valence-corrected chi connectivity index (χ2v) is 5.48. The summed E-state index contributed by atoms with van der Waals surface area (Å²) in [6.45, 7) is 3.52. The lowest BCUT2D eigenvalue weighted by Crippen LogP contribution is -2.04. The first kappa shape index (κ1) is 15.3. The van der Waals surface area contributed by atoms with Gasteiger partial charge in [-0.3, -0.25) is 0 Å². The molecule has 3 heterocycles. The Kier molecular flexibility index (Phi) is 3.64. The van der Waals surface area contributed by atoms with Crippen LogP contribution in [0.5, 0.6) is 5.75 Å². The molecule has 0 aliphatic rings. The molecule has 0 fully saturated rings. The summed E-state index contributed by atoms with van der Waals surface area (Å²) in [6.07, 6.45) is 0.958. The fourth-order valence-corrected chi connectivity index (χ4v) is 2.36. The van der Waals surface area contributed by atoms with Gasteiger partial charge >= 0.3 is 0 Å². The van der Waals surface area contributed by atoms with Gasteiger partial charge in [0.25, 0.3) is 11.6 Å². The number of ether oxygens (including phenoxy) is 1. The molecule has 0 spiro atoms. The first-order valence-corrected chi connectivity index (χ1v) is 7.59. The molecule has 0 unspecified atom stereocenters. The van der Waals surface area contributed by atoms with E-state index in [9.17, 15) is 4.39 Å². The Labute approximate surface area is 141 Å². The molecular formula is C17H13FN4O3. The van der Waals surface area contributed by atoms with Crippen molar-refractivity contribution in [2.75, 3.05) is 0 Å². The Bertz CT molecular complexity index is 1040. The predicted molar refractivity (Wildman–Crippen MR) is 85.3 cm³/mol. The third-order valence-corrected chi connectivity index (χ3v) is 3.69. The van der Waals surface area contributed by atoms with Crippen molar-refractivity contribution in [1.29, 1.82) is 0 Å². The van der Waals surface area contributed by atoms with Crippen LogP contribution in [0.4, 0.5) is 4.39 Å². The highest BCUT2D eigenvalue weighted by Crippen LogP contribution is 2.27. The van der Waals surface area contributed by atoms with Gasteiger partial charge in [0.1, 0.15) is 0 Å². The number of aryl methyl sites for hydroxylation is 1. The van der Waals surface area contributed by atoms with Crippen LogP contribution in [-0.2, 0) is 0 Å². The van der Waals surface area contributed by atoms with Crippen molar-refractivity contribution in [2.24, 2.45) is 0 Å². The van der Waals surface area contributed by atoms with Crippen LogP contribution in [0.1, 0.15) is 24.6 Å². The Balaban J connectivity index is 1.60. The molecule has 0 aliphatic heterocycles. The molecule has 1 atom stereocenters. The summed E-state index contributed by atoms with van der Waals surface area (Å²) in [5, 5.41) is 12.6. The van der Waals surface area contributed by atoms with Crippen molar-refractivity contribution in [3.05, 3.63) is 53.9 Å². The molecule has 4 rings (SSSR count). The van der Waals surface area contributed by atoms with Crippen LogP contribution in [0.15, 0.2) is 45.5 Å². The summed E-state index contributed by atoms with van der Waals surface area (Å²) in [5.41, 5.74) is 1.80. The second-order valence-electron chi connectivity index (χ2n) is 5.48. The molecule has 0 aliphatic carbocycles. The summed E-state index contributed by atoms with van der Waals surface area (Å²) >= 11 is 0. The second kappa shape index (κ2) is 5.97. The van der Waals surface area contributed by atoms with Crippen LogP contribution in [0.3, 0.4) is 0 Å². The van der Waals surface area contributed by atoms with Crippen molar-refractivity contribution in [1.82, 2.24) is 20.3 Å². The van der Waals surface area contributed by atoms with Gasteiger partial charge in [-0.1, -0.05) is 17.3 Å². The number of halogens is 1. The maximum Gasteiger partial charge on any atom is 0.257 e. The largest absolute Gasteiger partial charge is 0.478 e. The number of hydrogen-bond donors (Lipinski definition) is 0. The molecule has 1 aromatic carbocycles. The Morgan fingerprint density at radius 2 is 2.04 bits per heavy atom. The highest BCUT2D eigenvalue weighted by molar-refractivity contribution is 5.79. The number of hydrogen-bond acceptors (Lipinski definition) is 7. The van der Waals surface area contributed by atoms with Crippen LogP contribution < -0.4 is 4.74 Å². The Morgan fingerprint density at radius 3 is 2.88 bits per heavy atom. The zero-order chi connectivity index (χ0) is 17.4. The van der Waals surface area contributed by atoms with E-state index in [1.807, 2.05) is 13.0 Å². The summed E-state index contributed by atoms with van der Waals surface area (Å²) in [6, 6.07) is 7.95. The lowest BCUT2D eigenvalue weighted by molar-refractivity contribution is 0.182. The minimum absolute atomic E-state index is 0.123. The van der Waals surface area contributed by atoms with Gasteiger partial charge in [-0.05, 0) is 32.0 Å². The first-order valence-electron chi connectivity index (χ1n) is 7.59. The quantitative estimate of drug-likeness (QED) is 0.557. The molecule has 4 aromatic rings. The van der Waals surface area contributed by atoms with Gasteiger partial charge in [0, 0.05) is 6.20 Å². The van der Waals surface area contributed by atoms with Crippen molar-refractivity contribution in [3.63, 3.8) is 0 Å². The molecule has 0 saturated heterocycles. The van der Waals surface area contributed by atoms with E-state index in [-0.39, 0.29) is 17.5 Å². The summed E-state index contributed by atoms with van der Waals surface area (Å²) in [4.78, 5) is 4.17. The monoisotopic (exact) mass is 340 g/mol. The number of pyridine rings is 1. The number of fused-ring (bicyclic) bond motifs is 1. The van der Waals surface area contributed by atoms with Gasteiger partial charge in [0.15, 0.2) is 17.7 Å². The van der Waals surface area contributed by atoms with E-state index in [0.717, 1.165) is 11.1 Å². The number of aromatic nitrogens is 4. The van der Waals surface area contributed by atoms with Gasteiger partial charge in [-0.25, -0.2) is 9.37 Å². The first-order chi connectivity index (χ1) is 12.1. The molecule has 0 amide bonds. The van der Waals surface area contributed by atoms with Crippen molar-refractivity contribution in [2.45, 2.75) is 20.0 Å². The van der Waals surface area contributed by atoms with Gasteiger partial charge in [0.05, 0.1) is 16.6 Å². The predicted octanol–water partition coefficient (Wildman–Crippen LogP) is 3.86. The topological polar surface area (TPSA) is 87.1 Å². The molecule has 0 N–H and O–H groups in total. The molecule has 0 saturated carbocycles. The molecule has 126 valence electrons. The number of rotatable bonds is 4. The average molecular weight is 340 g/mol. The molecule has 0 radical (unpaired) electrons. The number of nitrogens with zero attached hydrogens (tertiary/aromatic N) is 4. The van der Waals surface area contributed by atoms with Crippen LogP contribution >= 0.6 is 0 Å². The maximum atomic E-state index is 13.7. The van der Waals surface area contributed by atoms with E-state index >= 15 is 0 Å². The fraction of sp³-hybridized carbons (Fsp3) is 0.176. The molecule has 0 bridgehead atoms. The molecule has 8 heteroatoms. The standard InChI is InChI=1S/C17H13FN4O3/c1-9-12-7-11(8-19-17(12)25-22-9)16-21-20-15(24-16)10(2)23-14-6-4-3-5-13(14)18/h3-8,10H,1-2H3/t10-/m0/s1. The van der Waals surface area contributed by atoms with Gasteiger partial charge in [-0.2, -0.15) is 0 Å². The number of para-hydroxylation sites is 1. The smallest absolute Gasteiger partial charge is 0.257 e. The third-order valence-electron chi connectivity index (χ3n) is 3.69. The van der Waals surface area contributed by atoms with Crippen LogP contribution in [-0.4, -0.2) is 20.3 Å². The highest BCUT2D eigenvalue weighted by Gasteiger charge is 2.19. The van der Waals surface area contributed by atoms with Crippen LogP contribution in [0, 0.1) is 12.7 Å². The van der Waals surface area contributed by atoms with E-state index in [4.69, 9.17) is 13.7 Å². The van der Waals surface area contributed by atoms with E-state index in [2.05, 4.69) is 20.3 Å². The third kappa shape index (κ3) is 2.82. The maximum absolute atomic E-state index is 13.7. The van der Waals surface area contributed by atoms with Gasteiger partial charge in [0.2, 0.25) is 5.89 Å². The molecule has 7 nitrogen and oxygen atoms in total. The van der Waals surface area contributed by atoms with E-state index < -0.39 is 11.9 Å². The molecule has 25 heavy (non-hydrogen) atoms. The molecular weight excluding hydrogens is 327 g/mol.